The summed E-state index contributed by atoms with van der Waals surface area (Å²) >= 11 is 0. The van der Waals surface area contributed by atoms with Gasteiger partial charge in [-0.1, -0.05) is 29.8 Å². The van der Waals surface area contributed by atoms with E-state index in [0.717, 1.165) is 16.7 Å². The van der Waals surface area contributed by atoms with Gasteiger partial charge >= 0.3 is 29.6 Å². The Kier molecular flexibility index (Phi) is 5.33. The molecule has 0 saturated carbocycles. The molecule has 0 aliphatic rings. The largest absolute Gasteiger partial charge is 1.00 e. The standard InChI is InChI=1S/C19H16O4.Na/c1-10-7-8-13(11(2)9-10)17-12(3)16(20)14-5-4-6-15(19(21)22)18(14)23-17;/h4-9H,1-3H3,(H,21,22);/q;+1/p-1. The van der Waals surface area contributed by atoms with Crippen LogP contribution in [0.1, 0.15) is 27.0 Å². The molecule has 5 heteroatoms. The first-order valence-corrected chi connectivity index (χ1v) is 7.25. The van der Waals surface area contributed by atoms with E-state index in [2.05, 4.69) is 0 Å². The summed E-state index contributed by atoms with van der Waals surface area (Å²) < 4.78 is 5.85. The van der Waals surface area contributed by atoms with Gasteiger partial charge in [0, 0.05) is 16.7 Å². The fourth-order valence-electron chi connectivity index (χ4n) is 2.80. The number of carbonyl (C=O) groups is 1. The monoisotopic (exact) mass is 330 g/mol. The summed E-state index contributed by atoms with van der Waals surface area (Å²) in [4.78, 5) is 23.9. The van der Waals surface area contributed by atoms with Gasteiger partial charge in [0.2, 0.25) is 0 Å². The van der Waals surface area contributed by atoms with Gasteiger partial charge < -0.3 is 14.3 Å². The van der Waals surface area contributed by atoms with Gasteiger partial charge in [-0.3, -0.25) is 4.79 Å². The number of aryl methyl sites for hydroxylation is 2. The first kappa shape index (κ1) is 18.5. The van der Waals surface area contributed by atoms with Gasteiger partial charge in [-0.2, -0.15) is 0 Å². The minimum atomic E-state index is -1.37. The second kappa shape index (κ2) is 6.93. The molecule has 3 rings (SSSR count). The maximum atomic E-state index is 12.6. The van der Waals surface area contributed by atoms with Gasteiger partial charge in [0.1, 0.15) is 11.3 Å². The molecule has 0 aliphatic heterocycles. The second-order valence-corrected chi connectivity index (χ2v) is 5.67. The van der Waals surface area contributed by atoms with Crippen molar-refractivity contribution in [2.45, 2.75) is 20.8 Å². The molecule has 0 radical (unpaired) electrons. The third-order valence-electron chi connectivity index (χ3n) is 3.99. The van der Waals surface area contributed by atoms with Gasteiger partial charge in [-0.05, 0) is 38.5 Å². The molecule has 0 atom stereocenters. The number of fused-ring (bicyclic) bond motifs is 1. The predicted molar refractivity (Wildman–Crippen MR) is 86.5 cm³/mol. The number of para-hydroxylation sites is 1. The Labute approximate surface area is 161 Å². The van der Waals surface area contributed by atoms with E-state index in [1.807, 2.05) is 32.0 Å². The van der Waals surface area contributed by atoms with Crippen LogP contribution in [0.5, 0.6) is 0 Å². The van der Waals surface area contributed by atoms with Crippen molar-refractivity contribution < 1.29 is 43.9 Å². The molecule has 0 amide bonds. The van der Waals surface area contributed by atoms with Crippen molar-refractivity contribution >= 4 is 16.9 Å². The van der Waals surface area contributed by atoms with Gasteiger partial charge in [0.25, 0.3) is 0 Å². The molecule has 3 aromatic rings. The van der Waals surface area contributed by atoms with Gasteiger partial charge in [0.15, 0.2) is 5.43 Å². The molecule has 0 fully saturated rings. The molecular weight excluding hydrogens is 315 g/mol. The first-order valence-electron chi connectivity index (χ1n) is 7.25. The first-order chi connectivity index (χ1) is 10.9. The molecule has 0 saturated heterocycles. The molecule has 1 heterocycles. The van der Waals surface area contributed by atoms with Crippen molar-refractivity contribution in [2.75, 3.05) is 0 Å². The van der Waals surface area contributed by atoms with Crippen molar-refractivity contribution in [2.24, 2.45) is 0 Å². The molecule has 2 aromatic carbocycles. The van der Waals surface area contributed by atoms with Crippen LogP contribution in [0.2, 0.25) is 0 Å². The number of hydrogen-bond donors (Lipinski definition) is 0. The Balaban J connectivity index is 0.00000208. The molecule has 24 heavy (non-hydrogen) atoms. The zero-order valence-electron chi connectivity index (χ0n) is 14.1. The van der Waals surface area contributed by atoms with E-state index in [4.69, 9.17) is 4.42 Å². The van der Waals surface area contributed by atoms with E-state index in [1.165, 1.54) is 12.1 Å². The zero-order chi connectivity index (χ0) is 16.7. The fraction of sp³-hybridized carbons (Fsp3) is 0.158. The second-order valence-electron chi connectivity index (χ2n) is 5.67. The van der Waals surface area contributed by atoms with Crippen molar-refractivity contribution in [1.82, 2.24) is 0 Å². The summed E-state index contributed by atoms with van der Waals surface area (Å²) in [6, 6.07) is 10.2. The maximum absolute atomic E-state index is 12.6. The van der Waals surface area contributed by atoms with Crippen LogP contribution in [-0.2, 0) is 0 Å². The number of carboxylic acid groups (broad SMARTS) is 1. The molecule has 1 aromatic heterocycles. The number of aromatic carboxylic acids is 1. The number of benzene rings is 2. The van der Waals surface area contributed by atoms with E-state index in [-0.39, 0.29) is 51.5 Å². The minimum Gasteiger partial charge on any atom is -0.545 e. The Morgan fingerprint density at radius 2 is 1.79 bits per heavy atom. The van der Waals surface area contributed by atoms with E-state index < -0.39 is 5.97 Å². The maximum Gasteiger partial charge on any atom is 1.00 e. The van der Waals surface area contributed by atoms with Crippen LogP contribution in [-0.4, -0.2) is 5.97 Å². The van der Waals surface area contributed by atoms with Crippen LogP contribution < -0.4 is 40.1 Å². The molecule has 0 bridgehead atoms. The van der Waals surface area contributed by atoms with Crippen molar-refractivity contribution in [3.05, 3.63) is 68.9 Å². The van der Waals surface area contributed by atoms with E-state index in [9.17, 15) is 14.7 Å². The minimum absolute atomic E-state index is 0. The molecular formula is C19H15NaO4. The number of hydrogen-bond acceptors (Lipinski definition) is 4. The Hall–Kier alpha value is -1.88. The number of rotatable bonds is 2. The summed E-state index contributed by atoms with van der Waals surface area (Å²) in [5.41, 5.74) is 3.00. The van der Waals surface area contributed by atoms with E-state index >= 15 is 0 Å². The summed E-state index contributed by atoms with van der Waals surface area (Å²) in [5.74, 6) is -0.970. The topological polar surface area (TPSA) is 70.3 Å². The van der Waals surface area contributed by atoms with Crippen molar-refractivity contribution in [3.8, 4) is 11.3 Å². The van der Waals surface area contributed by atoms with E-state index in [1.54, 1.807) is 13.0 Å². The smallest absolute Gasteiger partial charge is 0.545 e. The number of carboxylic acids is 1. The predicted octanol–water partition coefficient (Wildman–Crippen LogP) is -0.247. The molecule has 0 spiro atoms. The summed E-state index contributed by atoms with van der Waals surface area (Å²) in [6.45, 7) is 5.59. The third kappa shape index (κ3) is 3.05. The van der Waals surface area contributed by atoms with Gasteiger partial charge in [0.05, 0.1) is 11.4 Å². The summed E-state index contributed by atoms with van der Waals surface area (Å²) in [7, 11) is 0. The average Bonchev–Trinajstić information content (AvgIpc) is 2.50. The fourth-order valence-corrected chi connectivity index (χ4v) is 2.80. The third-order valence-corrected chi connectivity index (χ3v) is 3.99. The van der Waals surface area contributed by atoms with Gasteiger partial charge in [-0.15, -0.1) is 0 Å². The summed E-state index contributed by atoms with van der Waals surface area (Å²) in [6.07, 6.45) is 0. The molecule has 0 N–H and O–H groups in total. The van der Waals surface area contributed by atoms with Crippen LogP contribution in [0.15, 0.2) is 45.6 Å². The molecule has 116 valence electrons. The molecule has 4 nitrogen and oxygen atoms in total. The number of carbonyl (C=O) groups excluding carboxylic acids is 1. The zero-order valence-corrected chi connectivity index (χ0v) is 16.1. The normalized spacial score (nSPS) is 10.5. The molecule has 0 unspecified atom stereocenters. The van der Waals surface area contributed by atoms with E-state index in [0.29, 0.717) is 11.3 Å². The van der Waals surface area contributed by atoms with Crippen molar-refractivity contribution in [3.63, 3.8) is 0 Å². The van der Waals surface area contributed by atoms with Crippen LogP contribution in [0, 0.1) is 20.8 Å². The SMILES string of the molecule is Cc1ccc(-c2oc3c(C(=O)[O-])cccc3c(=O)c2C)c(C)c1.[Na+]. The van der Waals surface area contributed by atoms with Crippen LogP contribution in [0.25, 0.3) is 22.3 Å². The van der Waals surface area contributed by atoms with Crippen LogP contribution in [0.3, 0.4) is 0 Å². The van der Waals surface area contributed by atoms with Crippen LogP contribution >= 0.6 is 0 Å². The summed E-state index contributed by atoms with van der Waals surface area (Å²) in [5, 5.41) is 11.5. The Bertz CT molecular complexity index is 1000. The Morgan fingerprint density at radius 1 is 1.08 bits per heavy atom. The Morgan fingerprint density at radius 3 is 2.42 bits per heavy atom. The quantitative estimate of drug-likeness (QED) is 0.608. The van der Waals surface area contributed by atoms with Gasteiger partial charge in [-0.25, -0.2) is 0 Å². The average molecular weight is 330 g/mol. The van der Waals surface area contributed by atoms with Crippen LogP contribution in [0.4, 0.5) is 0 Å². The molecule has 0 aliphatic carbocycles. The van der Waals surface area contributed by atoms with Crippen molar-refractivity contribution in [1.29, 1.82) is 0 Å².